The quantitative estimate of drug-likeness (QED) is 0.281. The second-order valence-electron chi connectivity index (χ2n) is 9.99. The van der Waals surface area contributed by atoms with E-state index in [1.54, 1.807) is 0 Å². The van der Waals surface area contributed by atoms with Gasteiger partial charge in [-0.25, -0.2) is 0 Å². The van der Waals surface area contributed by atoms with Crippen LogP contribution >= 0.6 is 0 Å². The molecule has 0 radical (unpaired) electrons. The molecule has 0 saturated carbocycles. The fourth-order valence-electron chi connectivity index (χ4n) is 3.28. The van der Waals surface area contributed by atoms with Crippen LogP contribution in [0.15, 0.2) is 0 Å². The first-order valence-electron chi connectivity index (χ1n) is 9.85. The molecule has 0 unspecified atom stereocenters. The lowest BCUT2D eigenvalue weighted by molar-refractivity contribution is -0.138. The summed E-state index contributed by atoms with van der Waals surface area (Å²) in [6, 6.07) is 0.800. The van der Waals surface area contributed by atoms with Gasteiger partial charge in [0.15, 0.2) is 16.6 Å². The number of carboxylic acid groups (broad SMARTS) is 1. The summed E-state index contributed by atoms with van der Waals surface area (Å²) in [6.07, 6.45) is 0.0302. The van der Waals surface area contributed by atoms with Gasteiger partial charge < -0.3 is 26.3 Å². The topological polar surface area (TPSA) is 83.5 Å². The molecule has 0 aromatic rings. The molecule has 0 atom stereocenters. The van der Waals surface area contributed by atoms with Crippen molar-refractivity contribution in [2.24, 2.45) is 0 Å². The zero-order chi connectivity index (χ0) is 22.4. The van der Waals surface area contributed by atoms with Crippen molar-refractivity contribution in [2.45, 2.75) is 84.5 Å². The van der Waals surface area contributed by atoms with Crippen molar-refractivity contribution in [2.75, 3.05) is 13.2 Å². The minimum Gasteiger partial charge on any atom is -0.481 e. The summed E-state index contributed by atoms with van der Waals surface area (Å²) in [5.74, 6) is -0.841. The molecule has 0 aliphatic rings. The highest BCUT2D eigenvalue weighted by molar-refractivity contribution is 6.90. The molecule has 0 heterocycles. The molecule has 0 saturated heterocycles. The normalized spacial score (nSPS) is 14.4. The third kappa shape index (κ3) is 15.2. The van der Waals surface area contributed by atoms with Gasteiger partial charge in [-0.1, -0.05) is 0 Å². The van der Waals surface area contributed by atoms with Crippen LogP contribution in [0.1, 0.15) is 6.42 Å². The van der Waals surface area contributed by atoms with E-state index < -0.39 is 48.3 Å². The zero-order valence-corrected chi connectivity index (χ0v) is 24.7. The molecule has 0 aliphatic carbocycles. The number of hydrogen-bond donors (Lipinski definition) is 1. The third-order valence-electron chi connectivity index (χ3n) is 3.37. The van der Waals surface area contributed by atoms with Crippen LogP contribution in [0.3, 0.4) is 0 Å². The van der Waals surface area contributed by atoms with E-state index in [1.807, 2.05) is 0 Å². The molecular weight excluding hydrogens is 445 g/mol. The molecule has 0 rings (SSSR count). The van der Waals surface area contributed by atoms with Gasteiger partial charge >= 0.3 is 31.7 Å². The average molecular weight is 487 g/mol. The number of carbonyl (C=O) groups is 1. The Hall–Kier alpha value is 0.354. The Morgan fingerprint density at radius 2 is 1.11 bits per heavy atom. The molecule has 0 amide bonds. The fraction of sp³-hybridized carbons (Fsp3) is 0.938. The highest BCUT2D eigenvalue weighted by atomic mass is 28.5. The summed E-state index contributed by atoms with van der Waals surface area (Å²) in [7, 11) is -10.7. The van der Waals surface area contributed by atoms with Crippen LogP contribution < -0.4 is 0 Å². The molecule has 28 heavy (non-hydrogen) atoms. The smallest absolute Gasteiger partial charge is 0.314 e. The molecular formula is C16H42O7Si5. The highest BCUT2D eigenvalue weighted by Gasteiger charge is 2.45. The van der Waals surface area contributed by atoms with Crippen LogP contribution in [0.2, 0.25) is 78.1 Å². The number of ether oxygens (including phenoxy) is 1. The second-order valence-corrected chi connectivity index (χ2v) is 29.9. The van der Waals surface area contributed by atoms with Crippen molar-refractivity contribution in [1.29, 1.82) is 0 Å². The van der Waals surface area contributed by atoms with Crippen LogP contribution in [0, 0.1) is 0 Å². The Kier molecular flexibility index (Phi) is 10.7. The van der Waals surface area contributed by atoms with Crippen molar-refractivity contribution in [1.82, 2.24) is 0 Å². The second kappa shape index (κ2) is 10.6. The van der Waals surface area contributed by atoms with E-state index in [0.717, 1.165) is 6.04 Å². The highest BCUT2D eigenvalue weighted by Crippen LogP contribution is 2.26. The van der Waals surface area contributed by atoms with E-state index in [1.165, 1.54) is 0 Å². The van der Waals surface area contributed by atoms with Crippen molar-refractivity contribution < 1.29 is 31.1 Å². The maximum Gasteiger partial charge on any atom is 0.314 e. The number of aliphatic carboxylic acids is 1. The van der Waals surface area contributed by atoms with Gasteiger partial charge in [-0.2, -0.15) is 0 Å². The Morgan fingerprint density at radius 1 is 0.679 bits per heavy atom. The van der Waals surface area contributed by atoms with E-state index in [4.69, 9.17) is 26.3 Å². The van der Waals surface area contributed by atoms with Gasteiger partial charge in [0.05, 0.1) is 13.0 Å². The first-order chi connectivity index (χ1) is 12.2. The number of carboxylic acids is 1. The minimum absolute atomic E-state index is 0.0302. The van der Waals surface area contributed by atoms with Gasteiger partial charge in [-0.3, -0.25) is 4.79 Å². The van der Waals surface area contributed by atoms with Crippen molar-refractivity contribution >= 4 is 48.3 Å². The number of rotatable bonds is 14. The summed E-state index contributed by atoms with van der Waals surface area (Å²) in [4.78, 5) is 10.5. The molecule has 0 fully saturated rings. The van der Waals surface area contributed by atoms with Gasteiger partial charge in [0.25, 0.3) is 0 Å². The van der Waals surface area contributed by atoms with Crippen LogP contribution in [0.5, 0.6) is 0 Å². The van der Waals surface area contributed by atoms with Gasteiger partial charge in [-0.15, -0.1) is 0 Å². The number of hydrogen-bond acceptors (Lipinski definition) is 6. The lowest BCUT2D eigenvalue weighted by Gasteiger charge is -2.42. The lowest BCUT2D eigenvalue weighted by Crippen LogP contribution is -2.58. The van der Waals surface area contributed by atoms with E-state index in [9.17, 15) is 4.79 Å². The third-order valence-corrected chi connectivity index (χ3v) is 21.2. The average Bonchev–Trinajstić information content (AvgIpc) is 2.28. The molecule has 12 heteroatoms. The van der Waals surface area contributed by atoms with Crippen molar-refractivity contribution in [3.05, 3.63) is 0 Å². The molecule has 0 bridgehead atoms. The maximum atomic E-state index is 10.5. The van der Waals surface area contributed by atoms with Crippen molar-refractivity contribution in [3.8, 4) is 0 Å². The Bertz CT molecular complexity index is 504. The van der Waals surface area contributed by atoms with E-state index in [0.29, 0.717) is 6.61 Å². The molecule has 1 N–H and O–H groups in total. The van der Waals surface area contributed by atoms with Crippen LogP contribution in [0.4, 0.5) is 0 Å². The minimum atomic E-state index is -2.41. The standard InChI is InChI=1S/C16H42O7Si5/c1-24(2,3)20-26(6,7)22-28(10,11)23-27(8,9)21-25(4,5)15-14-19-13-12-16(17)18/h12-15H2,1-11H3,(H,17,18). The van der Waals surface area contributed by atoms with Crippen LogP contribution in [-0.2, 0) is 26.0 Å². The summed E-state index contributed by atoms with van der Waals surface area (Å²) >= 11 is 0. The van der Waals surface area contributed by atoms with Gasteiger partial charge in [0.2, 0.25) is 0 Å². The Balaban J connectivity index is 4.71. The summed E-state index contributed by atoms with van der Waals surface area (Å²) in [6.45, 7) is 24.0. The molecule has 0 aliphatic heterocycles. The lowest BCUT2D eigenvalue weighted by atomic mass is 10.5. The monoisotopic (exact) mass is 486 g/mol. The van der Waals surface area contributed by atoms with Crippen LogP contribution in [-0.4, -0.2) is 66.6 Å². The predicted octanol–water partition coefficient (Wildman–Crippen LogP) is 4.69. The van der Waals surface area contributed by atoms with E-state index in [-0.39, 0.29) is 13.0 Å². The van der Waals surface area contributed by atoms with E-state index in [2.05, 4.69) is 72.0 Å². The Labute approximate surface area is 177 Å². The molecule has 0 aromatic carbocycles. The van der Waals surface area contributed by atoms with E-state index >= 15 is 0 Å². The molecule has 0 spiro atoms. The van der Waals surface area contributed by atoms with Gasteiger partial charge in [0, 0.05) is 6.61 Å². The summed E-state index contributed by atoms with van der Waals surface area (Å²) < 4.78 is 31.2. The largest absolute Gasteiger partial charge is 0.481 e. The van der Waals surface area contributed by atoms with Crippen molar-refractivity contribution in [3.63, 3.8) is 0 Å². The summed E-state index contributed by atoms with van der Waals surface area (Å²) in [5.41, 5.74) is 0. The summed E-state index contributed by atoms with van der Waals surface area (Å²) in [5, 5.41) is 8.66. The molecule has 168 valence electrons. The maximum absolute atomic E-state index is 10.5. The molecule has 0 aromatic heterocycles. The first kappa shape index (κ1) is 28.4. The zero-order valence-electron chi connectivity index (χ0n) is 19.7. The Morgan fingerprint density at radius 3 is 1.54 bits per heavy atom. The van der Waals surface area contributed by atoms with Gasteiger partial charge in [0.1, 0.15) is 0 Å². The molecule has 7 nitrogen and oxygen atoms in total. The predicted molar refractivity (Wildman–Crippen MR) is 125 cm³/mol. The first-order valence-corrected chi connectivity index (χ1v) is 24.8. The fourth-order valence-corrected chi connectivity index (χ4v) is 26.6. The van der Waals surface area contributed by atoms with Gasteiger partial charge in [-0.05, 0) is 78.1 Å². The SMILES string of the molecule is C[Si](C)(C)O[Si](C)(C)O[Si](C)(C)O[Si](C)(C)O[Si](C)(C)CCOCCC(=O)O. The van der Waals surface area contributed by atoms with Crippen LogP contribution in [0.25, 0.3) is 0 Å².